The van der Waals surface area contributed by atoms with Gasteiger partial charge in [-0.25, -0.2) is 0 Å². The predicted molar refractivity (Wildman–Crippen MR) is 76.4 cm³/mol. The molecule has 7 heteroatoms. The van der Waals surface area contributed by atoms with Gasteiger partial charge in [0.15, 0.2) is 0 Å². The van der Waals surface area contributed by atoms with E-state index in [1.165, 1.54) is 55.5 Å². The van der Waals surface area contributed by atoms with E-state index >= 15 is 0 Å². The molecular formula is C15H13NO6. The number of benzene rings is 1. The molecule has 1 aliphatic carbocycles. The van der Waals surface area contributed by atoms with Crippen LogP contribution in [0, 0.1) is 15.5 Å². The lowest BCUT2D eigenvalue weighted by molar-refractivity contribution is -0.385. The Morgan fingerprint density at radius 2 is 1.59 bits per heavy atom. The molecule has 1 aliphatic rings. The number of nitrogens with zero attached hydrogens (tertiary/aromatic N) is 1. The van der Waals surface area contributed by atoms with Gasteiger partial charge >= 0.3 is 11.9 Å². The molecule has 1 aromatic carbocycles. The zero-order valence-electron chi connectivity index (χ0n) is 11.6. The van der Waals surface area contributed by atoms with E-state index in [1.54, 1.807) is 0 Å². The van der Waals surface area contributed by atoms with Crippen molar-refractivity contribution in [1.82, 2.24) is 0 Å². The van der Waals surface area contributed by atoms with E-state index < -0.39 is 27.7 Å². The molecule has 0 aliphatic heterocycles. The number of carboxylic acid groups (broad SMARTS) is 2. The van der Waals surface area contributed by atoms with Crippen LogP contribution in [0.1, 0.15) is 12.5 Å². The number of rotatable bonds is 4. The Balaban J connectivity index is 2.65. The molecule has 0 unspecified atom stereocenters. The van der Waals surface area contributed by atoms with E-state index in [9.17, 15) is 24.8 Å². The summed E-state index contributed by atoms with van der Waals surface area (Å²) in [6.45, 7) is 1.41. The second kappa shape index (κ2) is 5.10. The maximum Gasteiger partial charge on any atom is 0.322 e. The van der Waals surface area contributed by atoms with Gasteiger partial charge in [0, 0.05) is 6.07 Å². The lowest BCUT2D eigenvalue weighted by Gasteiger charge is -2.29. The van der Waals surface area contributed by atoms with Crippen LogP contribution >= 0.6 is 0 Å². The third-order valence-electron chi connectivity index (χ3n) is 3.75. The number of carboxylic acids is 2. The number of carbonyl (C=O) groups is 2. The fraction of sp³-hybridized carbons (Fsp3) is 0.200. The first kappa shape index (κ1) is 15.4. The fourth-order valence-corrected chi connectivity index (χ4v) is 2.28. The van der Waals surface area contributed by atoms with Gasteiger partial charge in [0.2, 0.25) is 0 Å². The second-order valence-corrected chi connectivity index (χ2v) is 5.20. The molecule has 7 nitrogen and oxygen atoms in total. The van der Waals surface area contributed by atoms with Gasteiger partial charge in [0.1, 0.15) is 10.8 Å². The van der Waals surface area contributed by atoms with E-state index in [0.717, 1.165) is 0 Å². The summed E-state index contributed by atoms with van der Waals surface area (Å²) < 4.78 is 0. The number of hydrogen-bond acceptors (Lipinski definition) is 4. The molecule has 2 N–H and O–H groups in total. The molecule has 0 bridgehead atoms. The van der Waals surface area contributed by atoms with Crippen LogP contribution in [0.4, 0.5) is 5.69 Å². The van der Waals surface area contributed by atoms with Crippen molar-refractivity contribution in [3.05, 3.63) is 64.2 Å². The molecule has 0 saturated heterocycles. The van der Waals surface area contributed by atoms with Gasteiger partial charge in [-0.1, -0.05) is 42.5 Å². The molecule has 1 aromatic rings. The summed E-state index contributed by atoms with van der Waals surface area (Å²) in [7, 11) is 0. The highest BCUT2D eigenvalue weighted by molar-refractivity contribution is 5.91. The highest BCUT2D eigenvalue weighted by atomic mass is 16.6. The molecular weight excluding hydrogens is 290 g/mol. The molecule has 0 aromatic heterocycles. The number of nitro groups is 1. The van der Waals surface area contributed by atoms with Crippen molar-refractivity contribution in [2.75, 3.05) is 0 Å². The highest BCUT2D eigenvalue weighted by Crippen LogP contribution is 2.40. The Kier molecular flexibility index (Phi) is 3.58. The van der Waals surface area contributed by atoms with Crippen LogP contribution in [0.25, 0.3) is 0 Å². The Labute approximate surface area is 125 Å². The minimum Gasteiger partial charge on any atom is -0.480 e. The van der Waals surface area contributed by atoms with E-state index in [1.807, 2.05) is 0 Å². The summed E-state index contributed by atoms with van der Waals surface area (Å²) in [6.07, 6.45) is 4.85. The zero-order valence-corrected chi connectivity index (χ0v) is 11.6. The summed E-state index contributed by atoms with van der Waals surface area (Å²) in [5.41, 5.74) is -3.47. The predicted octanol–water partition coefficient (Wildman–Crippen LogP) is 2.13. The quantitative estimate of drug-likeness (QED) is 0.500. The molecule has 2 rings (SSSR count). The van der Waals surface area contributed by atoms with Gasteiger partial charge in [-0.15, -0.1) is 0 Å². The third-order valence-corrected chi connectivity index (χ3v) is 3.75. The molecule has 114 valence electrons. The average Bonchev–Trinajstić information content (AvgIpc) is 2.48. The number of hydrogen-bond donors (Lipinski definition) is 2. The first-order chi connectivity index (χ1) is 10.2. The fourth-order valence-electron chi connectivity index (χ4n) is 2.28. The van der Waals surface area contributed by atoms with E-state index in [2.05, 4.69) is 0 Å². The van der Waals surface area contributed by atoms with Crippen LogP contribution in [-0.2, 0) is 15.0 Å². The minimum atomic E-state index is -1.77. The number of para-hydroxylation sites is 1. The summed E-state index contributed by atoms with van der Waals surface area (Å²) in [5, 5.41) is 29.9. The molecule has 0 heterocycles. The molecule has 0 spiro atoms. The van der Waals surface area contributed by atoms with Gasteiger partial charge in [-0.3, -0.25) is 19.7 Å². The van der Waals surface area contributed by atoms with E-state index in [-0.39, 0.29) is 11.3 Å². The van der Waals surface area contributed by atoms with Gasteiger partial charge in [-0.2, -0.15) is 0 Å². The SMILES string of the molecule is CC1(C(=O)O)C=CC(C(=O)O)(c2ccccc2[N+](=O)[O-])C=C1. The second-order valence-electron chi connectivity index (χ2n) is 5.20. The largest absolute Gasteiger partial charge is 0.480 e. The van der Waals surface area contributed by atoms with Crippen molar-refractivity contribution < 1.29 is 24.7 Å². The third kappa shape index (κ3) is 2.26. The summed E-state index contributed by atoms with van der Waals surface area (Å²) >= 11 is 0. The van der Waals surface area contributed by atoms with Crippen molar-refractivity contribution in [3.8, 4) is 0 Å². The molecule has 0 radical (unpaired) electrons. The van der Waals surface area contributed by atoms with Crippen molar-refractivity contribution in [2.45, 2.75) is 12.3 Å². The summed E-state index contributed by atoms with van der Waals surface area (Å²) in [4.78, 5) is 33.4. The highest BCUT2D eigenvalue weighted by Gasteiger charge is 2.44. The number of nitro benzene ring substituents is 1. The Morgan fingerprint density at radius 1 is 1.05 bits per heavy atom. The van der Waals surface area contributed by atoms with E-state index in [0.29, 0.717) is 0 Å². The van der Waals surface area contributed by atoms with Crippen LogP contribution in [0.2, 0.25) is 0 Å². The first-order valence-corrected chi connectivity index (χ1v) is 6.34. The summed E-state index contributed by atoms with van der Waals surface area (Å²) in [5.74, 6) is -2.46. The van der Waals surface area contributed by atoms with Crippen LogP contribution < -0.4 is 0 Å². The minimum absolute atomic E-state index is 0.0209. The Hall–Kier alpha value is -2.96. The standard InChI is InChI=1S/C15H13NO6/c1-14(12(17)18)6-8-15(9-7-14,13(19)20)10-4-2-3-5-11(10)16(21)22/h2-9H,1H3,(H,17,18)(H,19,20). The lowest BCUT2D eigenvalue weighted by atomic mass is 9.71. The molecule has 0 amide bonds. The van der Waals surface area contributed by atoms with Gasteiger partial charge in [-0.05, 0) is 6.92 Å². The maximum atomic E-state index is 11.8. The van der Waals surface area contributed by atoms with Gasteiger partial charge in [0.25, 0.3) is 5.69 Å². The van der Waals surface area contributed by atoms with Crippen LogP contribution in [-0.4, -0.2) is 27.1 Å². The van der Waals surface area contributed by atoms with Crippen molar-refractivity contribution in [3.63, 3.8) is 0 Å². The van der Waals surface area contributed by atoms with Gasteiger partial charge in [0.05, 0.1) is 10.5 Å². The van der Waals surface area contributed by atoms with Crippen molar-refractivity contribution in [2.24, 2.45) is 5.41 Å². The average molecular weight is 303 g/mol. The molecule has 0 saturated carbocycles. The smallest absolute Gasteiger partial charge is 0.322 e. The summed E-state index contributed by atoms with van der Waals surface area (Å²) in [6, 6.07) is 5.51. The molecule has 0 fully saturated rings. The number of aliphatic carboxylic acids is 2. The lowest BCUT2D eigenvalue weighted by Crippen LogP contribution is -2.37. The van der Waals surface area contributed by atoms with Crippen molar-refractivity contribution >= 4 is 17.6 Å². The van der Waals surface area contributed by atoms with Gasteiger partial charge < -0.3 is 10.2 Å². The van der Waals surface area contributed by atoms with Crippen LogP contribution in [0.5, 0.6) is 0 Å². The molecule has 0 atom stereocenters. The van der Waals surface area contributed by atoms with Crippen molar-refractivity contribution in [1.29, 1.82) is 0 Å². The zero-order chi connectivity index (χ0) is 16.5. The topological polar surface area (TPSA) is 118 Å². The Morgan fingerprint density at radius 3 is 2.05 bits per heavy atom. The maximum absolute atomic E-state index is 11.8. The van der Waals surface area contributed by atoms with Crippen LogP contribution in [0.15, 0.2) is 48.6 Å². The normalized spacial score (nSPS) is 26.6. The molecule has 22 heavy (non-hydrogen) atoms. The first-order valence-electron chi connectivity index (χ1n) is 6.34. The van der Waals surface area contributed by atoms with E-state index in [4.69, 9.17) is 5.11 Å². The monoisotopic (exact) mass is 303 g/mol. The van der Waals surface area contributed by atoms with Crippen LogP contribution in [0.3, 0.4) is 0 Å². The Bertz CT molecular complexity index is 704.